The van der Waals surface area contributed by atoms with E-state index in [2.05, 4.69) is 0 Å². The number of benzene rings is 1. The van der Waals surface area contributed by atoms with E-state index in [4.69, 9.17) is 13.9 Å². The van der Waals surface area contributed by atoms with Crippen LogP contribution in [0.15, 0.2) is 28.7 Å². The quantitative estimate of drug-likeness (QED) is 0.842. The summed E-state index contributed by atoms with van der Waals surface area (Å²) in [4.78, 5) is 14.9. The summed E-state index contributed by atoms with van der Waals surface area (Å²) in [5.41, 5.74) is 1.46. The van der Waals surface area contributed by atoms with Gasteiger partial charge in [0.2, 0.25) is 0 Å². The lowest BCUT2D eigenvalue weighted by Crippen LogP contribution is -2.36. The summed E-state index contributed by atoms with van der Waals surface area (Å²) in [6.07, 6.45) is 4.55. The molecule has 0 bridgehead atoms. The average molecular weight is 355 g/mol. The van der Waals surface area contributed by atoms with Gasteiger partial charge in [-0.2, -0.15) is 0 Å². The fraction of sp³-hybridized carbons (Fsp3) is 0.571. The Morgan fingerprint density at radius 3 is 3.00 bits per heavy atom. The van der Waals surface area contributed by atoms with Crippen molar-refractivity contribution in [2.45, 2.75) is 44.3 Å². The number of furan rings is 1. The van der Waals surface area contributed by atoms with Crippen molar-refractivity contribution in [2.75, 3.05) is 26.3 Å². The van der Waals surface area contributed by atoms with Crippen LogP contribution in [-0.4, -0.2) is 48.8 Å². The Hall–Kier alpha value is -1.85. The van der Waals surface area contributed by atoms with E-state index in [-0.39, 0.29) is 17.6 Å². The zero-order valence-corrected chi connectivity index (χ0v) is 15.2. The summed E-state index contributed by atoms with van der Waals surface area (Å²) in [5, 5.41) is 1.01. The number of aryl methyl sites for hydroxylation is 1. The van der Waals surface area contributed by atoms with Crippen LogP contribution in [0.1, 0.15) is 41.8 Å². The first-order chi connectivity index (χ1) is 12.6. The number of rotatable bonds is 4. The minimum Gasteiger partial charge on any atom is -0.451 e. The Kier molecular flexibility index (Phi) is 3.83. The third-order valence-electron chi connectivity index (χ3n) is 6.08. The number of para-hydroxylation sites is 1. The Balaban J connectivity index is 1.28. The molecule has 1 aromatic heterocycles. The van der Waals surface area contributed by atoms with Gasteiger partial charge in [-0.15, -0.1) is 0 Å². The van der Waals surface area contributed by atoms with Gasteiger partial charge in [0.1, 0.15) is 5.58 Å². The van der Waals surface area contributed by atoms with Crippen LogP contribution in [-0.2, 0) is 9.47 Å². The first-order valence-electron chi connectivity index (χ1n) is 9.66. The highest BCUT2D eigenvalue weighted by atomic mass is 16.6. The van der Waals surface area contributed by atoms with Crippen molar-refractivity contribution in [3.05, 3.63) is 35.6 Å². The molecule has 3 heterocycles. The SMILES string of the molecule is Cc1c(C(=O)N2CC[C@]3(C[C@@H](OCC4CC4)CO3)C2)oc2ccccc12. The Morgan fingerprint density at radius 2 is 2.19 bits per heavy atom. The van der Waals surface area contributed by atoms with Crippen LogP contribution in [0.5, 0.6) is 0 Å². The van der Waals surface area contributed by atoms with Crippen molar-refractivity contribution < 1.29 is 18.7 Å². The minimum absolute atomic E-state index is 0.0264. The second-order valence-electron chi connectivity index (χ2n) is 8.13. The summed E-state index contributed by atoms with van der Waals surface area (Å²) in [6.45, 7) is 4.82. The van der Waals surface area contributed by atoms with Crippen LogP contribution in [0.3, 0.4) is 0 Å². The Morgan fingerprint density at radius 1 is 1.35 bits per heavy atom. The average Bonchev–Trinajstić information content (AvgIpc) is 3.12. The molecule has 1 saturated carbocycles. The van der Waals surface area contributed by atoms with Gasteiger partial charge in [0.15, 0.2) is 5.76 Å². The topological polar surface area (TPSA) is 51.9 Å². The lowest BCUT2D eigenvalue weighted by molar-refractivity contribution is 0.00139. The largest absolute Gasteiger partial charge is 0.451 e. The number of amides is 1. The van der Waals surface area contributed by atoms with Gasteiger partial charge < -0.3 is 18.8 Å². The predicted molar refractivity (Wildman–Crippen MR) is 97.2 cm³/mol. The van der Waals surface area contributed by atoms with Crippen LogP contribution < -0.4 is 0 Å². The van der Waals surface area contributed by atoms with Gasteiger partial charge in [0.25, 0.3) is 5.91 Å². The molecule has 5 rings (SSSR count). The highest BCUT2D eigenvalue weighted by molar-refractivity contribution is 5.99. The summed E-state index contributed by atoms with van der Waals surface area (Å²) >= 11 is 0. The molecule has 1 amide bonds. The number of nitrogens with zero attached hydrogens (tertiary/aromatic N) is 1. The molecule has 0 N–H and O–H groups in total. The second-order valence-corrected chi connectivity index (χ2v) is 8.13. The lowest BCUT2D eigenvalue weighted by atomic mass is 9.98. The summed E-state index contributed by atoms with van der Waals surface area (Å²) < 4.78 is 18.0. The second kappa shape index (κ2) is 6.10. The van der Waals surface area contributed by atoms with Crippen molar-refractivity contribution in [2.24, 2.45) is 5.92 Å². The fourth-order valence-corrected chi connectivity index (χ4v) is 4.29. The number of fused-ring (bicyclic) bond motifs is 1. The minimum atomic E-state index is -0.232. The number of hydrogen-bond acceptors (Lipinski definition) is 4. The molecule has 138 valence electrons. The molecular formula is C21H25NO4. The van der Waals surface area contributed by atoms with Crippen LogP contribution in [0.2, 0.25) is 0 Å². The van der Waals surface area contributed by atoms with Gasteiger partial charge in [-0.3, -0.25) is 4.79 Å². The number of carbonyl (C=O) groups is 1. The molecule has 5 nitrogen and oxygen atoms in total. The van der Waals surface area contributed by atoms with Crippen molar-refractivity contribution in [3.8, 4) is 0 Å². The van der Waals surface area contributed by atoms with E-state index in [9.17, 15) is 4.79 Å². The van der Waals surface area contributed by atoms with Crippen molar-refractivity contribution in [1.82, 2.24) is 4.90 Å². The zero-order chi connectivity index (χ0) is 17.7. The molecule has 1 aliphatic carbocycles. The molecule has 2 aromatic rings. The monoisotopic (exact) mass is 355 g/mol. The highest BCUT2D eigenvalue weighted by Gasteiger charge is 2.48. The summed E-state index contributed by atoms with van der Waals surface area (Å²) in [5.74, 6) is 1.20. The van der Waals surface area contributed by atoms with Gasteiger partial charge in [-0.25, -0.2) is 0 Å². The molecule has 1 aromatic carbocycles. The Bertz CT molecular complexity index is 840. The van der Waals surface area contributed by atoms with Crippen LogP contribution >= 0.6 is 0 Å². The third kappa shape index (κ3) is 2.83. The van der Waals surface area contributed by atoms with E-state index < -0.39 is 0 Å². The number of likely N-dealkylation sites (tertiary alicyclic amines) is 1. The highest BCUT2D eigenvalue weighted by Crippen LogP contribution is 2.38. The van der Waals surface area contributed by atoms with Gasteiger partial charge in [0.05, 0.1) is 24.9 Å². The van der Waals surface area contributed by atoms with Gasteiger partial charge >= 0.3 is 0 Å². The van der Waals surface area contributed by atoms with E-state index in [0.29, 0.717) is 25.5 Å². The van der Waals surface area contributed by atoms with Crippen molar-refractivity contribution in [3.63, 3.8) is 0 Å². The molecule has 3 fully saturated rings. The summed E-state index contributed by atoms with van der Waals surface area (Å²) in [6, 6.07) is 7.81. The van der Waals surface area contributed by atoms with Crippen molar-refractivity contribution in [1.29, 1.82) is 0 Å². The van der Waals surface area contributed by atoms with E-state index >= 15 is 0 Å². The zero-order valence-electron chi connectivity index (χ0n) is 15.2. The molecule has 0 radical (unpaired) electrons. The lowest BCUT2D eigenvalue weighted by Gasteiger charge is -2.23. The summed E-state index contributed by atoms with van der Waals surface area (Å²) in [7, 11) is 0. The van der Waals surface area contributed by atoms with Crippen molar-refractivity contribution >= 4 is 16.9 Å². The molecule has 0 unspecified atom stereocenters. The maximum absolute atomic E-state index is 13.0. The van der Waals surface area contributed by atoms with E-state index in [1.54, 1.807) is 0 Å². The number of hydrogen-bond donors (Lipinski definition) is 0. The molecular weight excluding hydrogens is 330 g/mol. The molecule has 2 saturated heterocycles. The third-order valence-corrected chi connectivity index (χ3v) is 6.08. The van der Waals surface area contributed by atoms with Gasteiger partial charge in [-0.05, 0) is 38.2 Å². The van der Waals surface area contributed by atoms with Crippen LogP contribution in [0, 0.1) is 12.8 Å². The molecule has 3 aliphatic rings. The maximum atomic E-state index is 13.0. The number of ether oxygens (including phenoxy) is 2. The van der Waals surface area contributed by atoms with Gasteiger partial charge in [-0.1, -0.05) is 18.2 Å². The van der Waals surface area contributed by atoms with Crippen LogP contribution in [0.4, 0.5) is 0 Å². The number of carbonyl (C=O) groups excluding carboxylic acids is 1. The molecule has 2 atom stereocenters. The molecule has 2 aliphatic heterocycles. The molecule has 26 heavy (non-hydrogen) atoms. The normalized spacial score (nSPS) is 28.5. The van der Waals surface area contributed by atoms with E-state index in [1.165, 1.54) is 12.8 Å². The maximum Gasteiger partial charge on any atom is 0.289 e. The smallest absolute Gasteiger partial charge is 0.289 e. The van der Waals surface area contributed by atoms with E-state index in [1.807, 2.05) is 36.1 Å². The standard InChI is InChI=1S/C21H25NO4/c1-14-17-4-2-3-5-18(17)26-19(14)20(23)22-9-8-21(13-22)10-16(12-25-21)24-11-15-6-7-15/h2-5,15-16H,6-13H2,1H3/t16-,21+/m1/s1. The van der Waals surface area contributed by atoms with E-state index in [0.717, 1.165) is 41.9 Å². The first kappa shape index (κ1) is 16.3. The fourth-order valence-electron chi connectivity index (χ4n) is 4.29. The first-order valence-corrected chi connectivity index (χ1v) is 9.66. The van der Waals surface area contributed by atoms with Crippen LogP contribution in [0.25, 0.3) is 11.0 Å². The molecule has 5 heteroatoms. The van der Waals surface area contributed by atoms with Gasteiger partial charge in [0, 0.05) is 30.5 Å². The predicted octanol–water partition coefficient (Wildman–Crippen LogP) is 3.54. The Labute approximate surface area is 153 Å². The molecule has 1 spiro atoms.